The van der Waals surface area contributed by atoms with E-state index in [1.807, 2.05) is 48.0 Å². The smallest absolute Gasteiger partial charge is 0.340 e. The summed E-state index contributed by atoms with van der Waals surface area (Å²) in [6.45, 7) is 1.77. The van der Waals surface area contributed by atoms with Crippen molar-refractivity contribution in [3.63, 3.8) is 0 Å². The predicted molar refractivity (Wildman–Crippen MR) is 103 cm³/mol. The van der Waals surface area contributed by atoms with Crippen molar-refractivity contribution in [2.45, 2.75) is 11.8 Å². The first-order valence-electron chi connectivity index (χ1n) is 7.60. The zero-order valence-corrected chi connectivity index (χ0v) is 15.7. The molecule has 0 unspecified atom stereocenters. The fourth-order valence-corrected chi connectivity index (χ4v) is 3.87. The highest BCUT2D eigenvalue weighted by Crippen LogP contribution is 2.36. The highest BCUT2D eigenvalue weighted by molar-refractivity contribution is 7.98. The van der Waals surface area contributed by atoms with Crippen molar-refractivity contribution in [3.05, 3.63) is 63.5 Å². The molecule has 0 bridgehead atoms. The van der Waals surface area contributed by atoms with Crippen LogP contribution in [0.5, 0.6) is 0 Å². The average Bonchev–Trinajstić information content (AvgIpc) is 3.22. The van der Waals surface area contributed by atoms with Gasteiger partial charge in [0, 0.05) is 15.5 Å². The van der Waals surface area contributed by atoms with Crippen molar-refractivity contribution in [2.75, 3.05) is 18.3 Å². The van der Waals surface area contributed by atoms with Gasteiger partial charge in [-0.2, -0.15) is 0 Å². The van der Waals surface area contributed by atoms with E-state index in [1.165, 1.54) is 18.4 Å². The number of anilines is 1. The molecular formula is C19H17NO3S2. The van der Waals surface area contributed by atoms with Gasteiger partial charge < -0.3 is 4.74 Å². The SMILES string of the molecule is COC(=O)C1=C(C)N(c2cccc(SC)c2)C(=O)/C1=C\c1cccs1. The van der Waals surface area contributed by atoms with Gasteiger partial charge in [0.1, 0.15) is 0 Å². The Balaban J connectivity index is 2.13. The van der Waals surface area contributed by atoms with Gasteiger partial charge in [-0.05, 0) is 48.9 Å². The number of methoxy groups -OCH3 is 1. The number of thioether (sulfide) groups is 1. The number of thiophene rings is 1. The maximum atomic E-state index is 13.1. The van der Waals surface area contributed by atoms with E-state index < -0.39 is 5.97 Å². The quantitative estimate of drug-likeness (QED) is 0.455. The lowest BCUT2D eigenvalue weighted by atomic mass is 10.1. The molecule has 2 heterocycles. The first-order chi connectivity index (χ1) is 12.1. The lowest BCUT2D eigenvalue weighted by molar-refractivity contribution is -0.136. The first-order valence-corrected chi connectivity index (χ1v) is 9.70. The van der Waals surface area contributed by atoms with Crippen molar-refractivity contribution in [3.8, 4) is 0 Å². The van der Waals surface area contributed by atoms with Crippen molar-refractivity contribution in [1.82, 2.24) is 0 Å². The summed E-state index contributed by atoms with van der Waals surface area (Å²) in [5.74, 6) is -0.721. The van der Waals surface area contributed by atoms with Gasteiger partial charge in [0.25, 0.3) is 5.91 Å². The van der Waals surface area contributed by atoms with Crippen LogP contribution in [0.1, 0.15) is 11.8 Å². The zero-order chi connectivity index (χ0) is 18.0. The molecule has 25 heavy (non-hydrogen) atoms. The third kappa shape index (κ3) is 3.27. The van der Waals surface area contributed by atoms with Crippen LogP contribution in [0.2, 0.25) is 0 Å². The highest BCUT2D eigenvalue weighted by Gasteiger charge is 2.38. The Morgan fingerprint density at radius 3 is 2.72 bits per heavy atom. The number of hydrogen-bond donors (Lipinski definition) is 0. The second-order valence-electron chi connectivity index (χ2n) is 5.37. The van der Waals surface area contributed by atoms with Crippen molar-refractivity contribution in [2.24, 2.45) is 0 Å². The predicted octanol–water partition coefficient (Wildman–Crippen LogP) is 4.35. The van der Waals surface area contributed by atoms with Crippen LogP contribution in [0.3, 0.4) is 0 Å². The van der Waals surface area contributed by atoms with Gasteiger partial charge in [-0.25, -0.2) is 4.79 Å². The largest absolute Gasteiger partial charge is 0.465 e. The van der Waals surface area contributed by atoms with Crippen LogP contribution < -0.4 is 4.90 Å². The summed E-state index contributed by atoms with van der Waals surface area (Å²) < 4.78 is 4.91. The number of benzene rings is 1. The maximum Gasteiger partial charge on any atom is 0.340 e. The third-order valence-electron chi connectivity index (χ3n) is 3.93. The van der Waals surface area contributed by atoms with E-state index in [-0.39, 0.29) is 5.91 Å². The summed E-state index contributed by atoms with van der Waals surface area (Å²) in [5, 5.41) is 1.93. The van der Waals surface area contributed by atoms with E-state index in [9.17, 15) is 9.59 Å². The number of rotatable bonds is 4. The van der Waals surface area contributed by atoms with Gasteiger partial charge in [-0.15, -0.1) is 23.1 Å². The van der Waals surface area contributed by atoms with Crippen LogP contribution in [-0.4, -0.2) is 25.2 Å². The monoisotopic (exact) mass is 371 g/mol. The van der Waals surface area contributed by atoms with Gasteiger partial charge >= 0.3 is 5.97 Å². The topological polar surface area (TPSA) is 46.6 Å². The van der Waals surface area contributed by atoms with Crippen LogP contribution in [0.4, 0.5) is 5.69 Å². The molecule has 0 N–H and O–H groups in total. The minimum absolute atomic E-state index is 0.218. The van der Waals surface area contributed by atoms with Gasteiger partial charge in [-0.3, -0.25) is 9.69 Å². The number of amides is 1. The van der Waals surface area contributed by atoms with Crippen LogP contribution in [0.25, 0.3) is 6.08 Å². The molecular weight excluding hydrogens is 354 g/mol. The van der Waals surface area contributed by atoms with Crippen LogP contribution in [0, 0.1) is 0 Å². The molecule has 2 aromatic rings. The summed E-state index contributed by atoms with van der Waals surface area (Å²) in [5.41, 5.74) is 2.00. The lowest BCUT2D eigenvalue weighted by Gasteiger charge is -2.18. The van der Waals surface area contributed by atoms with E-state index in [2.05, 4.69) is 0 Å². The normalized spacial score (nSPS) is 16.0. The molecule has 1 aliphatic heterocycles. The van der Waals surface area contributed by atoms with Crippen molar-refractivity contribution < 1.29 is 14.3 Å². The summed E-state index contributed by atoms with van der Waals surface area (Å²) in [7, 11) is 1.33. The number of carbonyl (C=O) groups is 2. The van der Waals surface area contributed by atoms with Crippen molar-refractivity contribution >= 4 is 46.7 Å². The minimum Gasteiger partial charge on any atom is -0.465 e. The molecule has 0 saturated carbocycles. The highest BCUT2D eigenvalue weighted by atomic mass is 32.2. The minimum atomic E-state index is -0.503. The Kier molecular flexibility index (Phi) is 5.11. The summed E-state index contributed by atoms with van der Waals surface area (Å²) in [4.78, 5) is 28.9. The van der Waals surface area contributed by atoms with Gasteiger partial charge in [-0.1, -0.05) is 12.1 Å². The standard InChI is InChI=1S/C19H17NO3S2/c1-12-17(19(22)23-2)16(11-15-8-5-9-25-15)18(21)20(12)13-6-4-7-14(10-13)24-3/h4-11H,1-3H3/b16-11-. The van der Waals surface area contributed by atoms with Gasteiger partial charge in [0.2, 0.25) is 0 Å². The molecule has 4 nitrogen and oxygen atoms in total. The molecule has 0 atom stereocenters. The lowest BCUT2D eigenvalue weighted by Crippen LogP contribution is -2.24. The number of nitrogens with zero attached hydrogens (tertiary/aromatic N) is 1. The van der Waals surface area contributed by atoms with Gasteiger partial charge in [0.05, 0.1) is 23.9 Å². The first kappa shape index (κ1) is 17.5. The molecule has 1 aromatic carbocycles. The summed E-state index contributed by atoms with van der Waals surface area (Å²) in [6.07, 6.45) is 3.73. The van der Waals surface area contributed by atoms with E-state index in [1.54, 1.807) is 29.7 Å². The molecule has 0 saturated heterocycles. The summed E-state index contributed by atoms with van der Waals surface area (Å²) in [6, 6.07) is 11.5. The Morgan fingerprint density at radius 1 is 1.28 bits per heavy atom. The molecule has 0 radical (unpaired) electrons. The van der Waals surface area contributed by atoms with E-state index >= 15 is 0 Å². The number of ether oxygens (including phenoxy) is 1. The molecule has 1 amide bonds. The van der Waals surface area contributed by atoms with E-state index in [0.29, 0.717) is 16.8 Å². The summed E-state index contributed by atoms with van der Waals surface area (Å²) >= 11 is 3.11. The molecule has 1 aliphatic rings. The fraction of sp³-hybridized carbons (Fsp3) is 0.158. The average molecular weight is 371 g/mol. The second kappa shape index (κ2) is 7.29. The van der Waals surface area contributed by atoms with Crippen LogP contribution in [-0.2, 0) is 14.3 Å². The Hall–Kier alpha value is -2.31. The molecule has 0 spiro atoms. The third-order valence-corrected chi connectivity index (χ3v) is 5.48. The molecule has 0 aliphatic carbocycles. The number of hydrogen-bond acceptors (Lipinski definition) is 5. The van der Waals surface area contributed by atoms with Crippen LogP contribution >= 0.6 is 23.1 Å². The number of carbonyl (C=O) groups excluding carboxylic acids is 2. The Morgan fingerprint density at radius 2 is 2.08 bits per heavy atom. The maximum absolute atomic E-state index is 13.1. The fourth-order valence-electron chi connectivity index (χ4n) is 2.76. The molecule has 1 aromatic heterocycles. The second-order valence-corrected chi connectivity index (χ2v) is 7.23. The van der Waals surface area contributed by atoms with Gasteiger partial charge in [0.15, 0.2) is 0 Å². The van der Waals surface area contributed by atoms with E-state index in [0.717, 1.165) is 15.5 Å². The van der Waals surface area contributed by atoms with Crippen LogP contribution in [0.15, 0.2) is 63.5 Å². The van der Waals surface area contributed by atoms with E-state index in [4.69, 9.17) is 4.74 Å². The molecule has 6 heteroatoms. The molecule has 0 fully saturated rings. The number of esters is 1. The number of allylic oxidation sites excluding steroid dienone is 1. The Bertz CT molecular complexity index is 882. The molecule has 128 valence electrons. The Labute approximate surface area is 154 Å². The van der Waals surface area contributed by atoms with Crippen molar-refractivity contribution in [1.29, 1.82) is 0 Å². The molecule has 3 rings (SSSR count). The zero-order valence-electron chi connectivity index (χ0n) is 14.1.